The monoisotopic (exact) mass is 481 g/mol. The summed E-state index contributed by atoms with van der Waals surface area (Å²) in [5.41, 5.74) is 1.29. The predicted octanol–water partition coefficient (Wildman–Crippen LogP) is 4.43. The number of aryl methyl sites for hydroxylation is 1. The summed E-state index contributed by atoms with van der Waals surface area (Å²) in [5.74, 6) is 1.21. The zero-order valence-electron chi connectivity index (χ0n) is 20.9. The molecule has 2 aromatic heterocycles. The molecule has 3 aromatic rings. The lowest BCUT2D eigenvalue weighted by Crippen LogP contribution is -2.38. The van der Waals surface area contributed by atoms with Gasteiger partial charge in [0.05, 0.1) is 18.7 Å². The first-order valence-corrected chi connectivity index (χ1v) is 12.4. The third kappa shape index (κ3) is 6.07. The highest BCUT2D eigenvalue weighted by atomic mass is 16.5. The number of aromatic nitrogens is 3. The van der Waals surface area contributed by atoms with Crippen LogP contribution in [-0.4, -0.2) is 77.1 Å². The first kappa shape index (κ1) is 24.9. The van der Waals surface area contributed by atoms with Crippen LogP contribution in [0.1, 0.15) is 26.7 Å². The topological polar surface area (TPSA) is 101 Å². The maximum Gasteiger partial charge on any atom is 0.320 e. The van der Waals surface area contributed by atoms with Crippen LogP contribution < -0.4 is 9.64 Å². The van der Waals surface area contributed by atoms with Gasteiger partial charge in [-0.05, 0) is 18.9 Å². The third-order valence-electron chi connectivity index (χ3n) is 6.03. The number of hydrogen-bond acceptors (Lipinski definition) is 9. The lowest BCUT2D eigenvalue weighted by Gasteiger charge is -2.26. The van der Waals surface area contributed by atoms with Gasteiger partial charge in [0.2, 0.25) is 5.88 Å². The van der Waals surface area contributed by atoms with E-state index in [2.05, 4.69) is 43.8 Å². The van der Waals surface area contributed by atoms with Crippen LogP contribution in [0.4, 0.5) is 17.3 Å². The van der Waals surface area contributed by atoms with Crippen molar-refractivity contribution in [3.63, 3.8) is 0 Å². The minimum atomic E-state index is 0.0600. The average Bonchev–Trinajstić information content (AvgIpc) is 3.12. The molecule has 1 N–H and O–H groups in total. The second-order valence-corrected chi connectivity index (χ2v) is 8.60. The molecular weight excluding hydrogens is 446 g/mol. The summed E-state index contributed by atoms with van der Waals surface area (Å²) in [5, 5.41) is 20.2. The summed E-state index contributed by atoms with van der Waals surface area (Å²) in [4.78, 5) is 13.7. The van der Waals surface area contributed by atoms with E-state index in [1.807, 2.05) is 30.3 Å². The van der Waals surface area contributed by atoms with Crippen molar-refractivity contribution in [2.24, 2.45) is 17.3 Å². The zero-order chi connectivity index (χ0) is 24.6. The Labute approximate surface area is 206 Å². The molecule has 0 spiro atoms. The summed E-state index contributed by atoms with van der Waals surface area (Å²) in [7, 11) is 1.80. The van der Waals surface area contributed by atoms with Crippen molar-refractivity contribution in [1.82, 2.24) is 19.4 Å². The number of aromatic hydroxyl groups is 1. The first-order chi connectivity index (χ1) is 17.1. The van der Waals surface area contributed by atoms with Crippen LogP contribution >= 0.6 is 0 Å². The molecule has 0 saturated carbocycles. The van der Waals surface area contributed by atoms with Crippen molar-refractivity contribution in [3.8, 4) is 11.9 Å². The van der Waals surface area contributed by atoms with Crippen molar-refractivity contribution < 1.29 is 14.6 Å². The highest BCUT2D eigenvalue weighted by Crippen LogP contribution is 2.38. The SMILES string of the molecule is CCCN(CCC)c1cc(N=Nc2c(O)n(C)c3ccccc23)nc(OCCN2CCOCC2)n1. The van der Waals surface area contributed by atoms with Gasteiger partial charge in [0.25, 0.3) is 0 Å². The average molecular weight is 482 g/mol. The Balaban J connectivity index is 1.60. The summed E-state index contributed by atoms with van der Waals surface area (Å²) in [6.45, 7) is 10.6. The first-order valence-electron chi connectivity index (χ1n) is 12.4. The van der Waals surface area contributed by atoms with E-state index < -0.39 is 0 Å². The van der Waals surface area contributed by atoms with E-state index in [-0.39, 0.29) is 11.9 Å². The maximum absolute atomic E-state index is 10.6. The van der Waals surface area contributed by atoms with Crippen molar-refractivity contribution >= 4 is 28.2 Å². The van der Waals surface area contributed by atoms with Gasteiger partial charge >= 0.3 is 6.01 Å². The Morgan fingerprint density at radius 2 is 1.83 bits per heavy atom. The van der Waals surface area contributed by atoms with Gasteiger partial charge in [-0.1, -0.05) is 32.0 Å². The van der Waals surface area contributed by atoms with Crippen LogP contribution in [0.15, 0.2) is 40.6 Å². The standard InChI is InChI=1S/C25H35N7O3/c1-4-10-32(11-5-2)22-18-21(26-25(27-22)35-17-14-31-12-15-34-16-13-31)28-29-23-19-8-6-7-9-20(19)30(3)24(23)33/h6-9,18,33H,4-5,10-17H2,1-3H3. The molecule has 1 aliphatic rings. The molecule has 35 heavy (non-hydrogen) atoms. The van der Waals surface area contributed by atoms with Gasteiger partial charge in [-0.2, -0.15) is 9.97 Å². The van der Waals surface area contributed by atoms with Gasteiger partial charge in [-0.25, -0.2) is 0 Å². The van der Waals surface area contributed by atoms with Crippen molar-refractivity contribution in [2.45, 2.75) is 26.7 Å². The zero-order valence-corrected chi connectivity index (χ0v) is 20.9. The molecule has 0 aliphatic carbocycles. The maximum atomic E-state index is 10.6. The Morgan fingerprint density at radius 1 is 1.09 bits per heavy atom. The van der Waals surface area contributed by atoms with Crippen LogP contribution in [0, 0.1) is 0 Å². The number of benzene rings is 1. The van der Waals surface area contributed by atoms with E-state index in [4.69, 9.17) is 9.47 Å². The van der Waals surface area contributed by atoms with Gasteiger partial charge in [0.1, 0.15) is 12.4 Å². The van der Waals surface area contributed by atoms with Crippen LogP contribution in [0.5, 0.6) is 11.9 Å². The van der Waals surface area contributed by atoms with Gasteiger partial charge < -0.3 is 24.0 Å². The number of ether oxygens (including phenoxy) is 2. The van der Waals surface area contributed by atoms with E-state index in [0.29, 0.717) is 18.1 Å². The molecule has 1 aromatic carbocycles. The minimum absolute atomic E-state index is 0.0600. The van der Waals surface area contributed by atoms with Gasteiger partial charge in [0, 0.05) is 51.2 Å². The Kier molecular flexibility index (Phi) is 8.49. The molecule has 10 heteroatoms. The molecule has 0 atom stereocenters. The number of fused-ring (bicyclic) bond motifs is 1. The lowest BCUT2D eigenvalue weighted by atomic mass is 10.2. The predicted molar refractivity (Wildman–Crippen MR) is 136 cm³/mol. The summed E-state index contributed by atoms with van der Waals surface area (Å²) >= 11 is 0. The Morgan fingerprint density at radius 3 is 2.57 bits per heavy atom. The fraction of sp³-hybridized carbons (Fsp3) is 0.520. The molecule has 3 heterocycles. The highest BCUT2D eigenvalue weighted by molar-refractivity contribution is 5.94. The molecule has 188 valence electrons. The van der Waals surface area contributed by atoms with Crippen LogP contribution in [-0.2, 0) is 11.8 Å². The van der Waals surface area contributed by atoms with E-state index >= 15 is 0 Å². The smallest absolute Gasteiger partial charge is 0.320 e. The van der Waals surface area contributed by atoms with E-state index in [1.54, 1.807) is 11.6 Å². The largest absolute Gasteiger partial charge is 0.493 e. The van der Waals surface area contributed by atoms with Crippen molar-refractivity contribution in [2.75, 3.05) is 57.4 Å². The lowest BCUT2D eigenvalue weighted by molar-refractivity contribution is 0.0317. The second-order valence-electron chi connectivity index (χ2n) is 8.60. The van der Waals surface area contributed by atoms with Crippen molar-refractivity contribution in [3.05, 3.63) is 30.3 Å². The normalized spacial score (nSPS) is 14.7. The van der Waals surface area contributed by atoms with Gasteiger partial charge in [0.15, 0.2) is 11.5 Å². The number of hydrogen-bond donors (Lipinski definition) is 1. The Hall–Kier alpha value is -3.24. The molecule has 0 radical (unpaired) electrons. The summed E-state index contributed by atoms with van der Waals surface area (Å²) in [6, 6.07) is 9.80. The molecule has 10 nitrogen and oxygen atoms in total. The van der Waals surface area contributed by atoms with E-state index in [1.165, 1.54) is 0 Å². The van der Waals surface area contributed by atoms with Gasteiger partial charge in [-0.3, -0.25) is 4.90 Å². The van der Waals surface area contributed by atoms with Crippen LogP contribution in [0.25, 0.3) is 10.9 Å². The molecule has 1 aliphatic heterocycles. The number of azo groups is 1. The molecule has 1 fully saturated rings. The number of anilines is 1. The fourth-order valence-electron chi connectivity index (χ4n) is 4.21. The molecule has 4 rings (SSSR count). The van der Waals surface area contributed by atoms with Gasteiger partial charge in [-0.15, -0.1) is 10.2 Å². The third-order valence-corrected chi connectivity index (χ3v) is 6.03. The minimum Gasteiger partial charge on any atom is -0.493 e. The molecule has 0 bridgehead atoms. The Bertz CT molecular complexity index is 1140. The molecular formula is C25H35N7O3. The molecule has 1 saturated heterocycles. The van der Waals surface area contributed by atoms with E-state index in [9.17, 15) is 5.11 Å². The fourth-order valence-corrected chi connectivity index (χ4v) is 4.21. The van der Waals surface area contributed by atoms with E-state index in [0.717, 1.165) is 75.5 Å². The highest BCUT2D eigenvalue weighted by Gasteiger charge is 2.16. The summed E-state index contributed by atoms with van der Waals surface area (Å²) < 4.78 is 13.1. The van der Waals surface area contributed by atoms with Crippen molar-refractivity contribution in [1.29, 1.82) is 0 Å². The van der Waals surface area contributed by atoms with Crippen LogP contribution in [0.2, 0.25) is 0 Å². The summed E-state index contributed by atoms with van der Waals surface area (Å²) in [6.07, 6.45) is 2.00. The number of para-hydroxylation sites is 1. The second kappa shape index (κ2) is 11.9. The molecule has 0 amide bonds. The number of rotatable bonds is 11. The molecule has 0 unspecified atom stereocenters. The number of morpholine rings is 1. The number of nitrogens with zero attached hydrogens (tertiary/aromatic N) is 7. The van der Waals surface area contributed by atoms with Crippen LogP contribution in [0.3, 0.4) is 0 Å². The quantitative estimate of drug-likeness (QED) is 0.404.